The van der Waals surface area contributed by atoms with Gasteiger partial charge >= 0.3 is 0 Å². The molecule has 16 heteroatoms. The van der Waals surface area contributed by atoms with Gasteiger partial charge in [0.05, 0.1) is 157 Å². The van der Waals surface area contributed by atoms with E-state index in [0.717, 1.165) is 13.0 Å². The first-order chi connectivity index (χ1) is 26.2. The van der Waals surface area contributed by atoms with Crippen LogP contribution in [0.4, 0.5) is 5.69 Å². The average molecular weight is 766 g/mol. The Labute approximate surface area is 316 Å². The van der Waals surface area contributed by atoms with E-state index in [0.29, 0.717) is 164 Å². The van der Waals surface area contributed by atoms with Crippen LogP contribution in [0.3, 0.4) is 0 Å². The molecular formula is C37H67NO15. The van der Waals surface area contributed by atoms with Crippen molar-refractivity contribution in [2.75, 3.05) is 165 Å². The van der Waals surface area contributed by atoms with Crippen LogP contribution in [0, 0.1) is 10.1 Å². The Morgan fingerprint density at radius 1 is 0.377 bits per heavy atom. The van der Waals surface area contributed by atoms with E-state index in [4.69, 9.17) is 61.6 Å². The van der Waals surface area contributed by atoms with Gasteiger partial charge in [0.25, 0.3) is 5.69 Å². The summed E-state index contributed by atoms with van der Waals surface area (Å²) in [6.07, 6.45) is 6.25. The van der Waals surface area contributed by atoms with Gasteiger partial charge in [0.15, 0.2) is 0 Å². The maximum Gasteiger partial charge on any atom is 0.269 e. The number of rotatable bonds is 44. The molecule has 0 atom stereocenters. The smallest absolute Gasteiger partial charge is 0.269 e. The standard InChI is InChI=1S/C37H67NO15/c1-2-3-4-5-6-11-41-12-13-42-14-15-43-16-17-44-18-19-45-20-21-46-22-23-47-24-25-48-26-27-49-28-29-50-30-31-51-32-33-52-34-35-53-37-9-7-36(8-10-37)38(39)40/h7-10H,2-6,11-35H2,1H3. The Hall–Kier alpha value is -2.06. The van der Waals surface area contributed by atoms with Crippen LogP contribution in [-0.2, 0) is 56.8 Å². The SMILES string of the molecule is CCCCCCCOCCOCCOCCOCCOCCOCCOCCOCCOCCOCCOCCOCCOc1ccc([N+](=O)[O-])cc1. The van der Waals surface area contributed by atoms with E-state index in [1.54, 1.807) is 12.1 Å². The first-order valence-corrected chi connectivity index (χ1v) is 19.0. The summed E-state index contributed by atoms with van der Waals surface area (Å²) in [7, 11) is 0. The molecule has 0 aliphatic heterocycles. The van der Waals surface area contributed by atoms with Gasteiger partial charge in [-0.3, -0.25) is 10.1 Å². The summed E-state index contributed by atoms with van der Waals surface area (Å²) in [6.45, 7) is 14.9. The van der Waals surface area contributed by atoms with Crippen LogP contribution in [0.15, 0.2) is 24.3 Å². The highest BCUT2D eigenvalue weighted by Gasteiger charge is 2.04. The zero-order chi connectivity index (χ0) is 38.0. The van der Waals surface area contributed by atoms with E-state index in [2.05, 4.69) is 6.92 Å². The number of nitro groups is 1. The molecule has 310 valence electrons. The highest BCUT2D eigenvalue weighted by molar-refractivity contribution is 5.35. The summed E-state index contributed by atoms with van der Waals surface area (Å²) < 4.78 is 71.3. The summed E-state index contributed by atoms with van der Waals surface area (Å²) in [6, 6.07) is 5.91. The van der Waals surface area contributed by atoms with Gasteiger partial charge < -0.3 is 61.6 Å². The van der Waals surface area contributed by atoms with E-state index < -0.39 is 4.92 Å². The average Bonchev–Trinajstić information content (AvgIpc) is 3.17. The van der Waals surface area contributed by atoms with Crippen molar-refractivity contribution in [3.05, 3.63) is 34.4 Å². The lowest BCUT2D eigenvalue weighted by Gasteiger charge is -2.09. The summed E-state index contributed by atoms with van der Waals surface area (Å²) >= 11 is 0. The van der Waals surface area contributed by atoms with E-state index in [-0.39, 0.29) is 5.69 Å². The van der Waals surface area contributed by atoms with Gasteiger partial charge in [-0.1, -0.05) is 32.6 Å². The molecule has 0 aromatic heterocycles. The molecule has 0 amide bonds. The second kappa shape index (κ2) is 41.1. The number of hydrogen-bond donors (Lipinski definition) is 0. The van der Waals surface area contributed by atoms with Crippen molar-refractivity contribution in [2.45, 2.75) is 39.0 Å². The predicted molar refractivity (Wildman–Crippen MR) is 197 cm³/mol. The molecule has 0 fully saturated rings. The maximum atomic E-state index is 10.6. The van der Waals surface area contributed by atoms with Gasteiger partial charge in [0.1, 0.15) is 12.4 Å². The number of non-ortho nitro benzene ring substituents is 1. The molecule has 53 heavy (non-hydrogen) atoms. The van der Waals surface area contributed by atoms with E-state index in [9.17, 15) is 10.1 Å². The minimum absolute atomic E-state index is 0.0255. The summed E-state index contributed by atoms with van der Waals surface area (Å²) in [4.78, 5) is 10.2. The van der Waals surface area contributed by atoms with Gasteiger partial charge in [-0.15, -0.1) is 0 Å². The van der Waals surface area contributed by atoms with Gasteiger partial charge in [0.2, 0.25) is 0 Å². The number of hydrogen-bond acceptors (Lipinski definition) is 15. The zero-order valence-corrected chi connectivity index (χ0v) is 32.1. The molecule has 0 saturated carbocycles. The van der Waals surface area contributed by atoms with Crippen molar-refractivity contribution >= 4 is 5.69 Å². The van der Waals surface area contributed by atoms with E-state index >= 15 is 0 Å². The highest BCUT2D eigenvalue weighted by Crippen LogP contribution is 2.17. The van der Waals surface area contributed by atoms with Crippen molar-refractivity contribution in [3.8, 4) is 5.75 Å². The molecule has 0 aliphatic rings. The van der Waals surface area contributed by atoms with E-state index in [1.807, 2.05) is 0 Å². The third-order valence-electron chi connectivity index (χ3n) is 7.03. The molecule has 0 saturated heterocycles. The number of benzene rings is 1. The first kappa shape index (κ1) is 49.0. The van der Waals surface area contributed by atoms with Crippen LogP contribution in [0.2, 0.25) is 0 Å². The Bertz CT molecular complexity index is 884. The second-order valence-electron chi connectivity index (χ2n) is 11.4. The van der Waals surface area contributed by atoms with Gasteiger partial charge in [-0.25, -0.2) is 0 Å². The Balaban J connectivity index is 1.63. The van der Waals surface area contributed by atoms with Crippen molar-refractivity contribution in [3.63, 3.8) is 0 Å². The molecule has 0 heterocycles. The quantitative estimate of drug-likeness (QED) is 0.0529. The number of ether oxygens (including phenoxy) is 13. The van der Waals surface area contributed by atoms with E-state index in [1.165, 1.54) is 37.8 Å². The molecule has 0 aliphatic carbocycles. The zero-order valence-electron chi connectivity index (χ0n) is 32.1. The molecule has 1 aromatic rings. The van der Waals surface area contributed by atoms with Crippen molar-refractivity contribution in [1.29, 1.82) is 0 Å². The van der Waals surface area contributed by atoms with Crippen LogP contribution in [-0.4, -0.2) is 170 Å². The van der Waals surface area contributed by atoms with Crippen LogP contribution in [0.5, 0.6) is 5.75 Å². The lowest BCUT2D eigenvalue weighted by molar-refractivity contribution is -0.384. The normalized spacial score (nSPS) is 11.4. The third kappa shape index (κ3) is 36.7. The third-order valence-corrected chi connectivity index (χ3v) is 7.03. The Morgan fingerprint density at radius 2 is 0.642 bits per heavy atom. The lowest BCUT2D eigenvalue weighted by Crippen LogP contribution is -2.15. The van der Waals surface area contributed by atoms with Gasteiger partial charge in [-0.05, 0) is 18.6 Å². The van der Waals surface area contributed by atoms with Crippen LogP contribution in [0.25, 0.3) is 0 Å². The number of nitro benzene ring substituents is 1. The molecule has 16 nitrogen and oxygen atoms in total. The fourth-order valence-corrected chi connectivity index (χ4v) is 4.21. The monoisotopic (exact) mass is 765 g/mol. The van der Waals surface area contributed by atoms with Gasteiger partial charge in [0, 0.05) is 18.7 Å². The molecule has 0 radical (unpaired) electrons. The van der Waals surface area contributed by atoms with Crippen LogP contribution >= 0.6 is 0 Å². The summed E-state index contributed by atoms with van der Waals surface area (Å²) in [5, 5.41) is 10.6. The molecule has 0 bridgehead atoms. The molecule has 0 unspecified atom stereocenters. The number of nitrogens with zero attached hydrogens (tertiary/aromatic N) is 1. The van der Waals surface area contributed by atoms with Crippen molar-refractivity contribution in [2.24, 2.45) is 0 Å². The Morgan fingerprint density at radius 3 is 0.925 bits per heavy atom. The minimum atomic E-state index is -0.451. The first-order valence-electron chi connectivity index (χ1n) is 19.0. The topological polar surface area (TPSA) is 163 Å². The van der Waals surface area contributed by atoms with Gasteiger partial charge in [-0.2, -0.15) is 0 Å². The van der Waals surface area contributed by atoms with Crippen LogP contribution in [0.1, 0.15) is 39.0 Å². The minimum Gasteiger partial charge on any atom is -0.491 e. The molecule has 0 N–H and O–H groups in total. The highest BCUT2D eigenvalue weighted by atomic mass is 16.6. The lowest BCUT2D eigenvalue weighted by atomic mass is 10.2. The molecule has 1 rings (SSSR count). The predicted octanol–water partition coefficient (Wildman–Crippen LogP) is 4.14. The summed E-state index contributed by atoms with van der Waals surface area (Å²) in [5.41, 5.74) is 0.0255. The van der Waals surface area contributed by atoms with Crippen molar-refractivity contribution in [1.82, 2.24) is 0 Å². The molecule has 1 aromatic carbocycles. The summed E-state index contributed by atoms with van der Waals surface area (Å²) in [5.74, 6) is 0.556. The van der Waals surface area contributed by atoms with Crippen LogP contribution < -0.4 is 4.74 Å². The molecule has 0 spiro atoms. The fourth-order valence-electron chi connectivity index (χ4n) is 4.21. The maximum absolute atomic E-state index is 10.6. The largest absolute Gasteiger partial charge is 0.491 e. The molecular weight excluding hydrogens is 698 g/mol. The number of unbranched alkanes of at least 4 members (excludes halogenated alkanes) is 4. The fraction of sp³-hybridized carbons (Fsp3) is 0.838. The Kier molecular flexibility index (Phi) is 38.0. The second-order valence-corrected chi connectivity index (χ2v) is 11.4. The van der Waals surface area contributed by atoms with Crippen molar-refractivity contribution < 1.29 is 66.5 Å².